The van der Waals surface area contributed by atoms with E-state index in [2.05, 4.69) is 20.6 Å². The molecule has 104 valence electrons. The van der Waals surface area contributed by atoms with Gasteiger partial charge in [0.2, 0.25) is 5.91 Å². The molecule has 1 fully saturated rings. The van der Waals surface area contributed by atoms with Gasteiger partial charge in [-0.1, -0.05) is 5.21 Å². The quantitative estimate of drug-likeness (QED) is 0.867. The standard InChI is InChI=1S/C13H15N5O2/c19-13(10-3-5-20-9-10)15-6-11-8-18(17-16-11)12-2-1-4-14-7-12/h1-2,4,7-8,10H,3,5-6,9H2,(H,15,19). The molecular formula is C13H15N5O2. The van der Waals surface area contributed by atoms with Crippen molar-refractivity contribution in [1.29, 1.82) is 0 Å². The van der Waals surface area contributed by atoms with E-state index in [-0.39, 0.29) is 11.8 Å². The predicted molar refractivity (Wildman–Crippen MR) is 69.9 cm³/mol. The van der Waals surface area contributed by atoms with Gasteiger partial charge in [0.25, 0.3) is 0 Å². The van der Waals surface area contributed by atoms with Gasteiger partial charge in [-0.05, 0) is 18.6 Å². The lowest BCUT2D eigenvalue weighted by Crippen LogP contribution is -2.30. The van der Waals surface area contributed by atoms with Crippen LogP contribution in [0.25, 0.3) is 5.69 Å². The molecule has 1 unspecified atom stereocenters. The summed E-state index contributed by atoms with van der Waals surface area (Å²) in [6.45, 7) is 1.54. The number of carbonyl (C=O) groups excluding carboxylic acids is 1. The highest BCUT2D eigenvalue weighted by Crippen LogP contribution is 2.12. The van der Waals surface area contributed by atoms with Crippen molar-refractivity contribution in [3.8, 4) is 5.69 Å². The fraction of sp³-hybridized carbons (Fsp3) is 0.385. The van der Waals surface area contributed by atoms with Crippen molar-refractivity contribution in [1.82, 2.24) is 25.3 Å². The third-order valence-corrected chi connectivity index (χ3v) is 3.20. The van der Waals surface area contributed by atoms with E-state index in [0.717, 1.165) is 12.1 Å². The lowest BCUT2D eigenvalue weighted by Gasteiger charge is -2.07. The monoisotopic (exact) mass is 273 g/mol. The van der Waals surface area contributed by atoms with E-state index in [9.17, 15) is 4.79 Å². The molecule has 1 aliphatic heterocycles. The molecule has 3 heterocycles. The van der Waals surface area contributed by atoms with Gasteiger partial charge in [0.05, 0.1) is 37.2 Å². The van der Waals surface area contributed by atoms with Crippen LogP contribution in [-0.2, 0) is 16.1 Å². The van der Waals surface area contributed by atoms with E-state index < -0.39 is 0 Å². The van der Waals surface area contributed by atoms with E-state index >= 15 is 0 Å². The number of hydrogen-bond donors (Lipinski definition) is 1. The molecule has 7 nitrogen and oxygen atoms in total. The second kappa shape index (κ2) is 5.79. The lowest BCUT2D eigenvalue weighted by atomic mass is 10.1. The highest BCUT2D eigenvalue weighted by molar-refractivity contribution is 5.78. The Morgan fingerprint density at radius 1 is 1.55 bits per heavy atom. The molecule has 2 aromatic heterocycles. The molecule has 3 rings (SSSR count). The van der Waals surface area contributed by atoms with Crippen molar-refractivity contribution in [2.75, 3.05) is 13.2 Å². The molecule has 0 bridgehead atoms. The average Bonchev–Trinajstić information content (AvgIpc) is 3.17. The van der Waals surface area contributed by atoms with Crippen LogP contribution in [0.3, 0.4) is 0 Å². The van der Waals surface area contributed by atoms with Crippen molar-refractivity contribution in [3.05, 3.63) is 36.4 Å². The second-order valence-electron chi connectivity index (χ2n) is 4.64. The van der Waals surface area contributed by atoms with Crippen LogP contribution in [0.5, 0.6) is 0 Å². The van der Waals surface area contributed by atoms with Crippen LogP contribution >= 0.6 is 0 Å². The molecule has 20 heavy (non-hydrogen) atoms. The molecular weight excluding hydrogens is 258 g/mol. The summed E-state index contributed by atoms with van der Waals surface area (Å²) in [5.41, 5.74) is 1.54. The van der Waals surface area contributed by atoms with Crippen LogP contribution in [0.2, 0.25) is 0 Å². The first-order chi connectivity index (χ1) is 9.83. The zero-order valence-corrected chi connectivity index (χ0v) is 10.9. The Balaban J connectivity index is 1.59. The molecule has 0 saturated carbocycles. The van der Waals surface area contributed by atoms with E-state index in [4.69, 9.17) is 4.74 Å². The summed E-state index contributed by atoms with van der Waals surface area (Å²) in [6.07, 6.45) is 5.97. The number of aromatic nitrogens is 4. The van der Waals surface area contributed by atoms with Gasteiger partial charge in [-0.2, -0.15) is 0 Å². The first-order valence-corrected chi connectivity index (χ1v) is 6.50. The Morgan fingerprint density at radius 2 is 2.50 bits per heavy atom. The first-order valence-electron chi connectivity index (χ1n) is 6.50. The second-order valence-corrected chi connectivity index (χ2v) is 4.64. The van der Waals surface area contributed by atoms with Crippen LogP contribution in [0.1, 0.15) is 12.1 Å². The number of amides is 1. The topological polar surface area (TPSA) is 81.9 Å². The van der Waals surface area contributed by atoms with Crippen molar-refractivity contribution in [3.63, 3.8) is 0 Å². The molecule has 0 radical (unpaired) electrons. The maximum Gasteiger partial charge on any atom is 0.225 e. The van der Waals surface area contributed by atoms with Gasteiger partial charge in [-0.15, -0.1) is 5.10 Å². The molecule has 1 N–H and O–H groups in total. The average molecular weight is 273 g/mol. The van der Waals surface area contributed by atoms with Gasteiger partial charge in [-0.25, -0.2) is 4.68 Å². The Kier molecular flexibility index (Phi) is 3.69. The number of nitrogens with zero attached hydrogens (tertiary/aromatic N) is 4. The Bertz CT molecular complexity index is 577. The summed E-state index contributed by atoms with van der Waals surface area (Å²) in [7, 11) is 0. The SMILES string of the molecule is O=C(NCc1cn(-c2cccnc2)nn1)C1CCOC1. The number of ether oxygens (including phenoxy) is 1. The molecule has 1 aliphatic rings. The first kappa shape index (κ1) is 12.7. The molecule has 0 aliphatic carbocycles. The minimum Gasteiger partial charge on any atom is -0.381 e. The summed E-state index contributed by atoms with van der Waals surface area (Å²) in [4.78, 5) is 15.9. The van der Waals surface area contributed by atoms with Gasteiger partial charge < -0.3 is 10.1 Å². The van der Waals surface area contributed by atoms with Crippen molar-refractivity contribution in [2.24, 2.45) is 5.92 Å². The van der Waals surface area contributed by atoms with E-state index in [1.165, 1.54) is 0 Å². The largest absolute Gasteiger partial charge is 0.381 e. The summed E-state index contributed by atoms with van der Waals surface area (Å²) in [5, 5.41) is 10.9. The number of rotatable bonds is 4. The summed E-state index contributed by atoms with van der Waals surface area (Å²) in [6, 6.07) is 3.72. The number of hydrogen-bond acceptors (Lipinski definition) is 5. The lowest BCUT2D eigenvalue weighted by molar-refractivity contribution is -0.125. The van der Waals surface area contributed by atoms with Crippen LogP contribution in [-0.4, -0.2) is 39.1 Å². The van der Waals surface area contributed by atoms with Gasteiger partial charge >= 0.3 is 0 Å². The van der Waals surface area contributed by atoms with Crippen LogP contribution in [0, 0.1) is 5.92 Å². The minimum atomic E-state index is -0.0385. The summed E-state index contributed by atoms with van der Waals surface area (Å²) in [5.74, 6) is -0.0261. The fourth-order valence-corrected chi connectivity index (χ4v) is 2.06. The Hall–Kier alpha value is -2.28. The molecule has 7 heteroatoms. The zero-order valence-electron chi connectivity index (χ0n) is 10.9. The maximum absolute atomic E-state index is 11.8. The third-order valence-electron chi connectivity index (χ3n) is 3.20. The smallest absolute Gasteiger partial charge is 0.225 e. The van der Waals surface area contributed by atoms with Gasteiger partial charge in [0, 0.05) is 12.8 Å². The molecule has 1 atom stereocenters. The van der Waals surface area contributed by atoms with Crippen molar-refractivity contribution >= 4 is 5.91 Å². The van der Waals surface area contributed by atoms with Crippen molar-refractivity contribution < 1.29 is 9.53 Å². The molecule has 2 aromatic rings. The van der Waals surface area contributed by atoms with Crippen LogP contribution in [0.4, 0.5) is 0 Å². The summed E-state index contributed by atoms with van der Waals surface area (Å²) < 4.78 is 6.82. The highest BCUT2D eigenvalue weighted by atomic mass is 16.5. The number of nitrogens with one attached hydrogen (secondary N) is 1. The van der Waals surface area contributed by atoms with Gasteiger partial charge in [-0.3, -0.25) is 9.78 Å². The molecule has 1 saturated heterocycles. The fourth-order valence-electron chi connectivity index (χ4n) is 2.06. The predicted octanol–water partition coefficient (Wildman–Crippen LogP) is 0.315. The normalized spacial score (nSPS) is 18.1. The number of pyridine rings is 1. The minimum absolute atomic E-state index is 0.0124. The van der Waals surface area contributed by atoms with E-state index in [1.54, 1.807) is 23.3 Å². The Labute approximate surface area is 116 Å². The van der Waals surface area contributed by atoms with Crippen LogP contribution < -0.4 is 5.32 Å². The van der Waals surface area contributed by atoms with E-state index in [1.807, 2.05) is 12.1 Å². The Morgan fingerprint density at radius 3 is 3.25 bits per heavy atom. The molecule has 0 spiro atoms. The maximum atomic E-state index is 11.8. The third kappa shape index (κ3) is 2.83. The molecule has 1 amide bonds. The van der Waals surface area contributed by atoms with Gasteiger partial charge in [0.15, 0.2) is 0 Å². The van der Waals surface area contributed by atoms with Crippen molar-refractivity contribution in [2.45, 2.75) is 13.0 Å². The number of carbonyl (C=O) groups is 1. The zero-order chi connectivity index (χ0) is 13.8. The summed E-state index contributed by atoms with van der Waals surface area (Å²) >= 11 is 0. The molecule has 0 aromatic carbocycles. The van der Waals surface area contributed by atoms with Gasteiger partial charge in [0.1, 0.15) is 5.69 Å². The van der Waals surface area contributed by atoms with Crippen LogP contribution in [0.15, 0.2) is 30.7 Å². The van der Waals surface area contributed by atoms with E-state index in [0.29, 0.717) is 25.5 Å². The highest BCUT2D eigenvalue weighted by Gasteiger charge is 2.23.